The van der Waals surface area contributed by atoms with Crippen LogP contribution in [0.5, 0.6) is 5.75 Å². The Morgan fingerprint density at radius 1 is 1.12 bits per heavy atom. The zero-order valence-electron chi connectivity index (χ0n) is 19.6. The van der Waals surface area contributed by atoms with Crippen LogP contribution in [-0.4, -0.2) is 65.3 Å². The fourth-order valence-electron chi connectivity index (χ4n) is 3.41. The first kappa shape index (κ1) is 25.8. The summed E-state index contributed by atoms with van der Waals surface area (Å²) >= 11 is 1.58. The van der Waals surface area contributed by atoms with Gasteiger partial charge in [-0.05, 0) is 43.0 Å². The van der Waals surface area contributed by atoms with E-state index in [4.69, 9.17) is 4.74 Å². The molecule has 34 heavy (non-hydrogen) atoms. The first-order valence-electron chi connectivity index (χ1n) is 11.3. The Balaban J connectivity index is 1.53. The monoisotopic (exact) mass is 483 g/mol. The predicted molar refractivity (Wildman–Crippen MR) is 138 cm³/mol. The van der Waals surface area contributed by atoms with Gasteiger partial charge in [0, 0.05) is 31.9 Å². The highest BCUT2D eigenvalue weighted by molar-refractivity contribution is 7.98. The number of para-hydroxylation sites is 1. The number of hydrogen-bond acceptors (Lipinski definition) is 9. The molecule has 1 heterocycles. The number of benzene rings is 2. The summed E-state index contributed by atoms with van der Waals surface area (Å²) < 4.78 is 5.64. The van der Waals surface area contributed by atoms with Crippen LogP contribution in [-0.2, 0) is 6.61 Å². The zero-order valence-corrected chi connectivity index (χ0v) is 20.5. The van der Waals surface area contributed by atoms with Gasteiger partial charge in [0.05, 0.1) is 6.61 Å². The van der Waals surface area contributed by atoms with E-state index in [1.165, 1.54) is 0 Å². The van der Waals surface area contributed by atoms with E-state index in [0.29, 0.717) is 18.8 Å². The van der Waals surface area contributed by atoms with E-state index < -0.39 is 6.10 Å². The lowest BCUT2D eigenvalue weighted by atomic mass is 10.2. The third kappa shape index (κ3) is 7.59. The summed E-state index contributed by atoms with van der Waals surface area (Å²) in [5.41, 5.74) is 2.65. The predicted octanol–water partition coefficient (Wildman–Crippen LogP) is 3.29. The molecule has 0 fully saturated rings. The number of rotatable bonds is 14. The summed E-state index contributed by atoms with van der Waals surface area (Å²) in [5, 5.41) is 27.1. The van der Waals surface area contributed by atoms with Gasteiger partial charge in [-0.25, -0.2) is 9.97 Å². The molecule has 3 rings (SSSR count). The van der Waals surface area contributed by atoms with Crippen molar-refractivity contribution < 1.29 is 14.9 Å². The summed E-state index contributed by atoms with van der Waals surface area (Å²) in [5.74, 6) is 1.48. The SMILES string of the molecule is CCN(CCNCC(O)COc1cccc(CO)c1)c1ncnc(SC)c1Nc1ccccc1. The quantitative estimate of drug-likeness (QED) is 0.156. The second kappa shape index (κ2) is 13.8. The highest BCUT2D eigenvalue weighted by Crippen LogP contribution is 2.33. The maximum absolute atomic E-state index is 10.3. The molecule has 4 N–H and O–H groups in total. The summed E-state index contributed by atoms with van der Waals surface area (Å²) in [7, 11) is 0. The number of hydrogen-bond donors (Lipinski definition) is 4. The molecule has 0 amide bonds. The van der Waals surface area contributed by atoms with Crippen LogP contribution in [0.2, 0.25) is 0 Å². The second-order valence-electron chi connectivity index (χ2n) is 7.63. The van der Waals surface area contributed by atoms with E-state index in [0.717, 1.165) is 40.9 Å². The van der Waals surface area contributed by atoms with Crippen LogP contribution < -0.4 is 20.3 Å². The van der Waals surface area contributed by atoms with E-state index in [9.17, 15) is 10.2 Å². The minimum atomic E-state index is -0.648. The number of aliphatic hydroxyl groups is 2. The molecule has 3 aromatic rings. The van der Waals surface area contributed by atoms with Gasteiger partial charge in [0.2, 0.25) is 0 Å². The second-order valence-corrected chi connectivity index (χ2v) is 8.42. The molecule has 0 radical (unpaired) electrons. The first-order valence-corrected chi connectivity index (χ1v) is 12.5. The minimum Gasteiger partial charge on any atom is -0.491 e. The third-order valence-corrected chi connectivity index (χ3v) is 5.87. The fraction of sp³-hybridized carbons (Fsp3) is 0.360. The molecule has 182 valence electrons. The van der Waals surface area contributed by atoms with Gasteiger partial charge in [0.25, 0.3) is 0 Å². The number of thioether (sulfide) groups is 1. The van der Waals surface area contributed by atoms with Gasteiger partial charge < -0.3 is 30.5 Å². The Bertz CT molecular complexity index is 1010. The van der Waals surface area contributed by atoms with Crippen LogP contribution in [0.25, 0.3) is 0 Å². The number of anilines is 3. The summed E-state index contributed by atoms with van der Waals surface area (Å²) in [4.78, 5) is 11.2. The maximum atomic E-state index is 10.3. The van der Waals surface area contributed by atoms with Crippen molar-refractivity contribution in [3.63, 3.8) is 0 Å². The molecule has 0 saturated carbocycles. The van der Waals surface area contributed by atoms with Gasteiger partial charge in [0.1, 0.15) is 35.5 Å². The summed E-state index contributed by atoms with van der Waals surface area (Å²) in [6.07, 6.45) is 2.95. The lowest BCUT2D eigenvalue weighted by Crippen LogP contribution is -2.37. The molecule has 1 aromatic heterocycles. The van der Waals surface area contributed by atoms with Crippen molar-refractivity contribution in [2.45, 2.75) is 24.7 Å². The van der Waals surface area contributed by atoms with Crippen LogP contribution in [0.1, 0.15) is 12.5 Å². The minimum absolute atomic E-state index is 0.0391. The van der Waals surface area contributed by atoms with Crippen molar-refractivity contribution in [3.05, 3.63) is 66.5 Å². The highest BCUT2D eigenvalue weighted by Gasteiger charge is 2.16. The molecular formula is C25H33N5O3S. The van der Waals surface area contributed by atoms with Gasteiger partial charge in [-0.3, -0.25) is 0 Å². The van der Waals surface area contributed by atoms with E-state index in [-0.39, 0.29) is 13.2 Å². The topological polar surface area (TPSA) is 103 Å². The van der Waals surface area contributed by atoms with E-state index in [2.05, 4.69) is 32.4 Å². The number of aromatic nitrogens is 2. The Kier molecular flexibility index (Phi) is 10.4. The van der Waals surface area contributed by atoms with Gasteiger partial charge >= 0.3 is 0 Å². The zero-order chi connectivity index (χ0) is 24.2. The van der Waals surface area contributed by atoms with Crippen molar-refractivity contribution >= 4 is 29.0 Å². The summed E-state index contributed by atoms with van der Waals surface area (Å²) in [6.45, 7) is 4.81. The Labute approximate surface area is 205 Å². The first-order chi connectivity index (χ1) is 16.6. The molecule has 0 aliphatic carbocycles. The number of nitrogens with one attached hydrogen (secondary N) is 2. The molecule has 0 aliphatic rings. The lowest BCUT2D eigenvalue weighted by molar-refractivity contribution is 0.106. The van der Waals surface area contributed by atoms with E-state index in [1.807, 2.05) is 54.8 Å². The third-order valence-electron chi connectivity index (χ3n) is 5.17. The molecule has 8 nitrogen and oxygen atoms in total. The van der Waals surface area contributed by atoms with Crippen LogP contribution in [0, 0.1) is 0 Å². The molecule has 2 aromatic carbocycles. The van der Waals surface area contributed by atoms with Crippen LogP contribution >= 0.6 is 11.8 Å². The molecule has 0 bridgehead atoms. The van der Waals surface area contributed by atoms with Gasteiger partial charge in [-0.1, -0.05) is 30.3 Å². The Morgan fingerprint density at radius 2 is 1.94 bits per heavy atom. The van der Waals surface area contributed by atoms with Crippen LogP contribution in [0.3, 0.4) is 0 Å². The average Bonchev–Trinajstić information content (AvgIpc) is 2.88. The van der Waals surface area contributed by atoms with Gasteiger partial charge in [0.15, 0.2) is 5.82 Å². The Hall–Kier alpha value is -2.85. The number of nitrogens with zero attached hydrogens (tertiary/aromatic N) is 3. The lowest BCUT2D eigenvalue weighted by Gasteiger charge is -2.26. The molecule has 1 unspecified atom stereocenters. The Morgan fingerprint density at radius 3 is 2.68 bits per heavy atom. The van der Waals surface area contributed by atoms with Crippen molar-refractivity contribution in [1.29, 1.82) is 0 Å². The van der Waals surface area contributed by atoms with E-state index >= 15 is 0 Å². The molecule has 1 atom stereocenters. The normalized spacial score (nSPS) is 11.8. The molecule has 0 aliphatic heterocycles. The van der Waals surface area contributed by atoms with Gasteiger partial charge in [-0.2, -0.15) is 0 Å². The fourth-order valence-corrected chi connectivity index (χ4v) is 3.91. The van der Waals surface area contributed by atoms with Crippen molar-refractivity contribution in [2.75, 3.05) is 49.3 Å². The molecule has 0 saturated heterocycles. The van der Waals surface area contributed by atoms with Crippen molar-refractivity contribution in [2.24, 2.45) is 0 Å². The maximum Gasteiger partial charge on any atom is 0.157 e. The summed E-state index contributed by atoms with van der Waals surface area (Å²) in [6, 6.07) is 17.2. The number of ether oxygens (including phenoxy) is 1. The van der Waals surface area contributed by atoms with E-state index in [1.54, 1.807) is 24.2 Å². The van der Waals surface area contributed by atoms with Crippen LogP contribution in [0.4, 0.5) is 17.2 Å². The highest BCUT2D eigenvalue weighted by atomic mass is 32.2. The average molecular weight is 484 g/mol. The molecule has 0 spiro atoms. The number of aliphatic hydroxyl groups excluding tert-OH is 2. The van der Waals surface area contributed by atoms with Crippen molar-refractivity contribution in [3.8, 4) is 5.75 Å². The van der Waals surface area contributed by atoms with Crippen molar-refractivity contribution in [1.82, 2.24) is 15.3 Å². The molecular weight excluding hydrogens is 450 g/mol. The van der Waals surface area contributed by atoms with Gasteiger partial charge in [-0.15, -0.1) is 11.8 Å². The largest absolute Gasteiger partial charge is 0.491 e. The number of likely N-dealkylation sites (N-methyl/N-ethyl adjacent to an activating group) is 1. The smallest absolute Gasteiger partial charge is 0.157 e. The van der Waals surface area contributed by atoms with Crippen LogP contribution in [0.15, 0.2) is 66.0 Å². The standard InChI is InChI=1S/C25H33N5O3S/c1-3-30(13-12-26-15-21(32)17-33-22-11-7-8-19(14-22)16-31)24-23(25(34-2)28-18-27-24)29-20-9-5-4-6-10-20/h4-11,14,18,21,26,29,31-32H,3,12-13,15-17H2,1-2H3. The molecule has 9 heteroatoms.